The summed E-state index contributed by atoms with van der Waals surface area (Å²) in [5.41, 5.74) is 14.1. The molecule has 0 aliphatic heterocycles. The van der Waals surface area contributed by atoms with E-state index < -0.39 is 0 Å². The van der Waals surface area contributed by atoms with Gasteiger partial charge in [-0.25, -0.2) is 0 Å². The van der Waals surface area contributed by atoms with Gasteiger partial charge in [0.1, 0.15) is 0 Å². The van der Waals surface area contributed by atoms with E-state index in [0.29, 0.717) is 0 Å². The SMILES string of the molecule is CCc1cc(CC(N)c2c(C)cc(C)cc2C)n(CC)n1. The van der Waals surface area contributed by atoms with Crippen molar-refractivity contribution in [2.45, 2.75) is 60.0 Å². The maximum absolute atomic E-state index is 6.51. The Hall–Kier alpha value is -1.61. The average molecular weight is 285 g/mol. The first-order valence-electron chi connectivity index (χ1n) is 7.85. The molecule has 1 heterocycles. The van der Waals surface area contributed by atoms with Crippen LogP contribution in [0.2, 0.25) is 0 Å². The van der Waals surface area contributed by atoms with E-state index in [-0.39, 0.29) is 6.04 Å². The summed E-state index contributed by atoms with van der Waals surface area (Å²) in [5, 5.41) is 4.61. The van der Waals surface area contributed by atoms with E-state index in [1.165, 1.54) is 27.9 Å². The number of benzene rings is 1. The topological polar surface area (TPSA) is 43.8 Å². The quantitative estimate of drug-likeness (QED) is 0.911. The van der Waals surface area contributed by atoms with Gasteiger partial charge in [-0.15, -0.1) is 0 Å². The minimum Gasteiger partial charge on any atom is -0.324 e. The van der Waals surface area contributed by atoms with E-state index in [2.05, 4.69) is 62.6 Å². The van der Waals surface area contributed by atoms with Crippen LogP contribution in [0.4, 0.5) is 0 Å². The first-order chi connectivity index (χ1) is 9.96. The molecule has 114 valence electrons. The molecule has 21 heavy (non-hydrogen) atoms. The first kappa shape index (κ1) is 15.8. The van der Waals surface area contributed by atoms with Gasteiger partial charge in [0.05, 0.1) is 5.69 Å². The summed E-state index contributed by atoms with van der Waals surface area (Å²) in [6.07, 6.45) is 1.81. The lowest BCUT2D eigenvalue weighted by Gasteiger charge is -2.19. The minimum absolute atomic E-state index is 0.0253. The Morgan fingerprint density at radius 3 is 2.24 bits per heavy atom. The summed E-state index contributed by atoms with van der Waals surface area (Å²) in [5.74, 6) is 0. The van der Waals surface area contributed by atoms with Crippen molar-refractivity contribution in [3.05, 3.63) is 51.8 Å². The molecule has 3 heteroatoms. The van der Waals surface area contributed by atoms with E-state index in [1.807, 2.05) is 0 Å². The van der Waals surface area contributed by atoms with Crippen molar-refractivity contribution in [1.29, 1.82) is 0 Å². The van der Waals surface area contributed by atoms with Crippen molar-refractivity contribution in [3.8, 4) is 0 Å². The Labute approximate surface area is 128 Å². The molecule has 0 radical (unpaired) electrons. The van der Waals surface area contributed by atoms with Crippen molar-refractivity contribution in [3.63, 3.8) is 0 Å². The van der Waals surface area contributed by atoms with Crippen LogP contribution < -0.4 is 5.73 Å². The number of rotatable bonds is 5. The molecule has 0 amide bonds. The molecule has 0 saturated carbocycles. The summed E-state index contributed by atoms with van der Waals surface area (Å²) in [6, 6.07) is 6.66. The highest BCUT2D eigenvalue weighted by molar-refractivity contribution is 5.40. The summed E-state index contributed by atoms with van der Waals surface area (Å²) in [4.78, 5) is 0. The molecule has 0 bridgehead atoms. The van der Waals surface area contributed by atoms with Crippen LogP contribution in [0.1, 0.15) is 53.5 Å². The highest BCUT2D eigenvalue weighted by atomic mass is 15.3. The summed E-state index contributed by atoms with van der Waals surface area (Å²) >= 11 is 0. The van der Waals surface area contributed by atoms with E-state index in [4.69, 9.17) is 5.73 Å². The molecule has 1 atom stereocenters. The fourth-order valence-electron chi connectivity index (χ4n) is 3.23. The number of nitrogens with two attached hydrogens (primary N) is 1. The van der Waals surface area contributed by atoms with Gasteiger partial charge in [0.25, 0.3) is 0 Å². The third kappa shape index (κ3) is 3.35. The van der Waals surface area contributed by atoms with Crippen LogP contribution in [-0.4, -0.2) is 9.78 Å². The zero-order chi connectivity index (χ0) is 15.6. The van der Waals surface area contributed by atoms with Crippen LogP contribution in [0.15, 0.2) is 18.2 Å². The number of hydrogen-bond acceptors (Lipinski definition) is 2. The second kappa shape index (κ2) is 6.44. The summed E-state index contributed by atoms with van der Waals surface area (Å²) < 4.78 is 2.08. The highest BCUT2D eigenvalue weighted by Gasteiger charge is 2.16. The number of aryl methyl sites for hydroxylation is 5. The lowest BCUT2D eigenvalue weighted by atomic mass is 9.92. The lowest BCUT2D eigenvalue weighted by Crippen LogP contribution is -2.18. The second-order valence-electron chi connectivity index (χ2n) is 5.92. The van der Waals surface area contributed by atoms with Crippen LogP contribution in [0.5, 0.6) is 0 Å². The lowest BCUT2D eigenvalue weighted by molar-refractivity contribution is 0.583. The molecule has 1 aromatic heterocycles. The largest absolute Gasteiger partial charge is 0.324 e. The molecular weight excluding hydrogens is 258 g/mol. The van der Waals surface area contributed by atoms with Gasteiger partial charge in [0.2, 0.25) is 0 Å². The third-order valence-electron chi connectivity index (χ3n) is 4.11. The molecule has 1 aromatic carbocycles. The number of nitrogens with zero attached hydrogens (tertiary/aromatic N) is 2. The maximum atomic E-state index is 6.51. The minimum atomic E-state index is 0.0253. The van der Waals surface area contributed by atoms with Crippen LogP contribution in [0, 0.1) is 20.8 Å². The third-order valence-corrected chi connectivity index (χ3v) is 4.11. The van der Waals surface area contributed by atoms with Crippen LogP contribution in [-0.2, 0) is 19.4 Å². The van der Waals surface area contributed by atoms with Gasteiger partial charge >= 0.3 is 0 Å². The molecule has 2 aromatic rings. The van der Waals surface area contributed by atoms with Crippen molar-refractivity contribution in [2.24, 2.45) is 5.73 Å². The van der Waals surface area contributed by atoms with Crippen LogP contribution >= 0.6 is 0 Å². The van der Waals surface area contributed by atoms with Crippen molar-refractivity contribution in [1.82, 2.24) is 9.78 Å². The van der Waals surface area contributed by atoms with Crippen LogP contribution in [0.25, 0.3) is 0 Å². The van der Waals surface area contributed by atoms with E-state index in [0.717, 1.165) is 25.1 Å². The zero-order valence-corrected chi connectivity index (χ0v) is 13.9. The van der Waals surface area contributed by atoms with Gasteiger partial charge in [-0.2, -0.15) is 5.10 Å². The van der Waals surface area contributed by atoms with Gasteiger partial charge in [-0.3, -0.25) is 4.68 Å². The van der Waals surface area contributed by atoms with E-state index >= 15 is 0 Å². The second-order valence-corrected chi connectivity index (χ2v) is 5.92. The zero-order valence-electron chi connectivity index (χ0n) is 13.9. The predicted octanol–water partition coefficient (Wildman–Crippen LogP) is 3.63. The molecule has 0 fully saturated rings. The fraction of sp³-hybridized carbons (Fsp3) is 0.500. The molecule has 0 aliphatic carbocycles. The first-order valence-corrected chi connectivity index (χ1v) is 7.85. The number of hydrogen-bond donors (Lipinski definition) is 1. The van der Waals surface area contributed by atoms with Crippen molar-refractivity contribution >= 4 is 0 Å². The molecule has 0 aliphatic rings. The van der Waals surface area contributed by atoms with Crippen molar-refractivity contribution in [2.75, 3.05) is 0 Å². The van der Waals surface area contributed by atoms with Gasteiger partial charge in [-0.05, 0) is 56.9 Å². The predicted molar refractivity (Wildman–Crippen MR) is 88.6 cm³/mol. The Bertz CT molecular complexity index is 602. The van der Waals surface area contributed by atoms with E-state index in [9.17, 15) is 0 Å². The summed E-state index contributed by atoms with van der Waals surface area (Å²) in [7, 11) is 0. The Kier molecular flexibility index (Phi) is 4.84. The molecule has 2 N–H and O–H groups in total. The normalized spacial score (nSPS) is 12.7. The molecule has 1 unspecified atom stereocenters. The van der Waals surface area contributed by atoms with Gasteiger partial charge < -0.3 is 5.73 Å². The van der Waals surface area contributed by atoms with Gasteiger partial charge in [-0.1, -0.05) is 24.6 Å². The standard InChI is InChI=1S/C18H27N3/c1-6-15-10-16(21(7-2)20-15)11-17(19)18-13(4)8-12(3)9-14(18)5/h8-10,17H,6-7,11,19H2,1-5H3. The summed E-state index contributed by atoms with van der Waals surface area (Å²) in [6.45, 7) is 11.6. The van der Waals surface area contributed by atoms with Crippen LogP contribution in [0.3, 0.4) is 0 Å². The monoisotopic (exact) mass is 285 g/mol. The van der Waals surface area contributed by atoms with Gasteiger partial charge in [0.15, 0.2) is 0 Å². The molecule has 0 saturated heterocycles. The highest BCUT2D eigenvalue weighted by Crippen LogP contribution is 2.25. The molecule has 2 rings (SSSR count). The Balaban J connectivity index is 2.30. The number of aromatic nitrogens is 2. The molecule has 0 spiro atoms. The molecule has 3 nitrogen and oxygen atoms in total. The smallest absolute Gasteiger partial charge is 0.0624 e. The Morgan fingerprint density at radius 1 is 1.10 bits per heavy atom. The maximum Gasteiger partial charge on any atom is 0.0624 e. The fourth-order valence-corrected chi connectivity index (χ4v) is 3.23. The van der Waals surface area contributed by atoms with Crippen molar-refractivity contribution < 1.29 is 0 Å². The molecular formula is C18H27N3. The van der Waals surface area contributed by atoms with E-state index in [1.54, 1.807) is 0 Å². The van der Waals surface area contributed by atoms with Gasteiger partial charge in [0, 0.05) is 24.7 Å². The Morgan fingerprint density at radius 2 is 1.71 bits per heavy atom. The average Bonchev–Trinajstić information content (AvgIpc) is 2.79.